The fourth-order valence-corrected chi connectivity index (χ4v) is 2.85. The molecule has 0 amide bonds. The van der Waals surface area contributed by atoms with Crippen molar-refractivity contribution < 1.29 is 0 Å². The van der Waals surface area contributed by atoms with E-state index in [2.05, 4.69) is 47.4 Å². The van der Waals surface area contributed by atoms with Crippen LogP contribution in [-0.2, 0) is 0 Å². The third-order valence-electron chi connectivity index (χ3n) is 3.60. The van der Waals surface area contributed by atoms with Crippen LogP contribution in [0.5, 0.6) is 0 Å². The smallest absolute Gasteiger partial charge is 0.0543 e. The Bertz CT molecular complexity index is 506. The monoisotopic (exact) mass is 257 g/mol. The predicted octanol–water partition coefficient (Wildman–Crippen LogP) is 4.68. The van der Waals surface area contributed by atoms with Crippen LogP contribution in [0.15, 0.2) is 54.6 Å². The zero-order chi connectivity index (χ0) is 12.4. The van der Waals surface area contributed by atoms with Crippen molar-refractivity contribution in [2.45, 2.75) is 18.9 Å². The lowest BCUT2D eigenvalue weighted by atomic mass is 10.0. The Hall–Kier alpha value is -1.47. The first-order chi connectivity index (χ1) is 8.84. The molecule has 1 nitrogen and oxygen atoms in total. The van der Waals surface area contributed by atoms with E-state index < -0.39 is 0 Å². The third-order valence-corrected chi connectivity index (χ3v) is 3.85. The maximum absolute atomic E-state index is 5.96. The Morgan fingerprint density at radius 3 is 2.39 bits per heavy atom. The molecule has 18 heavy (non-hydrogen) atoms. The van der Waals surface area contributed by atoms with Gasteiger partial charge in [-0.25, -0.2) is 0 Å². The summed E-state index contributed by atoms with van der Waals surface area (Å²) < 4.78 is 0. The maximum Gasteiger partial charge on any atom is 0.0543 e. The molecule has 1 unspecified atom stereocenters. The van der Waals surface area contributed by atoms with Crippen molar-refractivity contribution in [3.8, 4) is 0 Å². The van der Waals surface area contributed by atoms with Gasteiger partial charge in [0.25, 0.3) is 0 Å². The van der Waals surface area contributed by atoms with Crippen LogP contribution in [-0.4, -0.2) is 6.54 Å². The molecule has 0 aliphatic carbocycles. The Morgan fingerprint density at radius 1 is 0.944 bits per heavy atom. The molecule has 1 fully saturated rings. The van der Waals surface area contributed by atoms with Gasteiger partial charge in [-0.3, -0.25) is 0 Å². The topological polar surface area (TPSA) is 3.24 Å². The van der Waals surface area contributed by atoms with Crippen molar-refractivity contribution in [3.05, 3.63) is 65.2 Å². The third kappa shape index (κ3) is 2.23. The van der Waals surface area contributed by atoms with E-state index in [1.54, 1.807) is 0 Å². The minimum atomic E-state index is 0.490. The summed E-state index contributed by atoms with van der Waals surface area (Å²) in [5, 5.41) is 0.808. The van der Waals surface area contributed by atoms with Gasteiger partial charge in [0.1, 0.15) is 0 Å². The normalized spacial score (nSPS) is 19.2. The molecule has 2 heteroatoms. The second-order valence-electron chi connectivity index (χ2n) is 4.74. The zero-order valence-electron chi connectivity index (χ0n) is 10.2. The molecule has 1 aliphatic rings. The van der Waals surface area contributed by atoms with Crippen molar-refractivity contribution in [2.75, 3.05) is 11.4 Å². The van der Waals surface area contributed by atoms with E-state index in [4.69, 9.17) is 11.6 Å². The van der Waals surface area contributed by atoms with Crippen LogP contribution < -0.4 is 4.90 Å². The fraction of sp³-hybridized carbons (Fsp3) is 0.250. The molecular weight excluding hydrogens is 242 g/mol. The van der Waals surface area contributed by atoms with Gasteiger partial charge in [-0.1, -0.05) is 41.9 Å². The van der Waals surface area contributed by atoms with Crippen LogP contribution in [0.3, 0.4) is 0 Å². The van der Waals surface area contributed by atoms with E-state index in [0.29, 0.717) is 6.04 Å². The highest BCUT2D eigenvalue weighted by Gasteiger charge is 2.25. The number of nitrogens with zero attached hydrogens (tertiary/aromatic N) is 1. The fourth-order valence-electron chi connectivity index (χ4n) is 2.73. The first-order valence-corrected chi connectivity index (χ1v) is 6.79. The molecule has 0 aromatic heterocycles. The van der Waals surface area contributed by atoms with Gasteiger partial charge in [-0.15, -0.1) is 0 Å². The summed E-state index contributed by atoms with van der Waals surface area (Å²) >= 11 is 5.96. The molecule has 0 N–H and O–H groups in total. The second kappa shape index (κ2) is 5.03. The number of rotatable bonds is 2. The van der Waals surface area contributed by atoms with Gasteiger partial charge in [0.15, 0.2) is 0 Å². The van der Waals surface area contributed by atoms with E-state index in [-0.39, 0.29) is 0 Å². The van der Waals surface area contributed by atoms with Crippen LogP contribution in [0.2, 0.25) is 5.02 Å². The van der Waals surface area contributed by atoms with Crippen LogP contribution in [0.1, 0.15) is 24.4 Å². The van der Waals surface area contributed by atoms with Crippen LogP contribution in [0.25, 0.3) is 0 Å². The van der Waals surface area contributed by atoms with Crippen molar-refractivity contribution >= 4 is 17.3 Å². The van der Waals surface area contributed by atoms with Gasteiger partial charge < -0.3 is 4.90 Å². The molecule has 92 valence electrons. The minimum Gasteiger partial charge on any atom is -0.364 e. The molecule has 0 spiro atoms. The van der Waals surface area contributed by atoms with Crippen molar-refractivity contribution in [3.63, 3.8) is 0 Å². The van der Waals surface area contributed by atoms with Crippen molar-refractivity contribution in [1.82, 2.24) is 0 Å². The largest absolute Gasteiger partial charge is 0.364 e. The molecule has 1 atom stereocenters. The average Bonchev–Trinajstić information content (AvgIpc) is 2.90. The van der Waals surface area contributed by atoms with E-state index in [0.717, 1.165) is 11.6 Å². The number of hydrogen-bond acceptors (Lipinski definition) is 1. The molecule has 1 heterocycles. The molecule has 0 bridgehead atoms. The number of para-hydroxylation sites is 1. The molecule has 1 aliphatic heterocycles. The van der Waals surface area contributed by atoms with Gasteiger partial charge >= 0.3 is 0 Å². The van der Waals surface area contributed by atoms with Gasteiger partial charge in [0.05, 0.1) is 6.04 Å². The van der Waals surface area contributed by atoms with E-state index >= 15 is 0 Å². The van der Waals surface area contributed by atoms with Crippen molar-refractivity contribution in [1.29, 1.82) is 0 Å². The summed E-state index contributed by atoms with van der Waals surface area (Å²) in [4.78, 5) is 2.49. The SMILES string of the molecule is Clc1ccc(C2CCCN2c2ccccc2)cc1. The Morgan fingerprint density at radius 2 is 1.67 bits per heavy atom. The summed E-state index contributed by atoms with van der Waals surface area (Å²) in [5.74, 6) is 0. The number of anilines is 1. The van der Waals surface area contributed by atoms with Gasteiger partial charge in [0, 0.05) is 17.3 Å². The Balaban J connectivity index is 1.90. The average molecular weight is 258 g/mol. The number of hydrogen-bond donors (Lipinski definition) is 0. The molecule has 0 saturated carbocycles. The second-order valence-corrected chi connectivity index (χ2v) is 5.17. The summed E-state index contributed by atoms with van der Waals surface area (Å²) in [6.45, 7) is 1.14. The molecule has 2 aromatic carbocycles. The summed E-state index contributed by atoms with van der Waals surface area (Å²) in [6.07, 6.45) is 2.47. The summed E-state index contributed by atoms with van der Waals surface area (Å²) in [6, 6.07) is 19.4. The lowest BCUT2D eigenvalue weighted by Crippen LogP contribution is -2.22. The molecule has 2 aromatic rings. The van der Waals surface area contributed by atoms with E-state index in [1.165, 1.54) is 24.1 Å². The van der Waals surface area contributed by atoms with Crippen LogP contribution in [0, 0.1) is 0 Å². The molecule has 1 saturated heterocycles. The first kappa shape index (κ1) is 11.6. The van der Waals surface area contributed by atoms with Gasteiger partial charge in [-0.2, -0.15) is 0 Å². The van der Waals surface area contributed by atoms with Crippen LogP contribution in [0.4, 0.5) is 5.69 Å². The van der Waals surface area contributed by atoms with Crippen LogP contribution >= 0.6 is 11.6 Å². The summed E-state index contributed by atoms with van der Waals surface area (Å²) in [5.41, 5.74) is 2.68. The van der Waals surface area contributed by atoms with Crippen molar-refractivity contribution in [2.24, 2.45) is 0 Å². The Labute approximate surface area is 113 Å². The lowest BCUT2D eigenvalue weighted by Gasteiger charge is -2.27. The quantitative estimate of drug-likeness (QED) is 0.755. The van der Waals surface area contributed by atoms with Gasteiger partial charge in [-0.05, 0) is 42.7 Å². The Kier molecular flexibility index (Phi) is 3.24. The molecular formula is C16H16ClN. The van der Waals surface area contributed by atoms with E-state index in [1.807, 2.05) is 12.1 Å². The highest BCUT2D eigenvalue weighted by Crippen LogP contribution is 2.36. The predicted molar refractivity (Wildman–Crippen MR) is 77.2 cm³/mol. The summed E-state index contributed by atoms with van der Waals surface area (Å²) in [7, 11) is 0. The first-order valence-electron chi connectivity index (χ1n) is 6.42. The highest BCUT2D eigenvalue weighted by molar-refractivity contribution is 6.30. The standard InChI is InChI=1S/C16H16ClN/c17-14-10-8-13(9-11-14)16-7-4-12-18(16)15-5-2-1-3-6-15/h1-3,5-6,8-11,16H,4,7,12H2. The van der Waals surface area contributed by atoms with E-state index in [9.17, 15) is 0 Å². The molecule has 0 radical (unpaired) electrons. The minimum absolute atomic E-state index is 0.490. The lowest BCUT2D eigenvalue weighted by molar-refractivity contribution is 0.719. The molecule has 3 rings (SSSR count). The zero-order valence-corrected chi connectivity index (χ0v) is 11.0. The maximum atomic E-state index is 5.96. The van der Waals surface area contributed by atoms with Gasteiger partial charge in [0.2, 0.25) is 0 Å². The highest BCUT2D eigenvalue weighted by atomic mass is 35.5. The number of halogens is 1. The number of benzene rings is 2.